The van der Waals surface area contributed by atoms with Gasteiger partial charge in [0.25, 0.3) is 15.9 Å². The van der Waals surface area contributed by atoms with Gasteiger partial charge in [0.1, 0.15) is 0 Å². The summed E-state index contributed by atoms with van der Waals surface area (Å²) in [7, 11) is 0.168. The summed E-state index contributed by atoms with van der Waals surface area (Å²) >= 11 is 6.24. The Morgan fingerprint density at radius 2 is 1.50 bits per heavy atom. The number of carbonyl (C=O) groups is 2. The maximum atomic E-state index is 12.9. The minimum atomic E-state index is -3.86. The molecule has 0 heterocycles. The van der Waals surface area contributed by atoms with Crippen molar-refractivity contribution in [3.05, 3.63) is 76.8 Å². The predicted molar refractivity (Wildman–Crippen MR) is 128 cm³/mol. The molecule has 2 N–H and O–H groups in total. The molecule has 0 aliphatic heterocycles. The minimum Gasteiger partial charge on any atom is -0.493 e. The Morgan fingerprint density at radius 1 is 0.853 bits per heavy atom. The molecule has 0 unspecified atom stereocenters. The van der Waals surface area contributed by atoms with Crippen LogP contribution < -0.4 is 19.5 Å². The van der Waals surface area contributed by atoms with Crippen molar-refractivity contribution >= 4 is 44.9 Å². The Hall–Kier alpha value is -3.76. The third-order valence-corrected chi connectivity index (χ3v) is 6.40. The van der Waals surface area contributed by atoms with Crippen molar-refractivity contribution in [2.75, 3.05) is 31.4 Å². The SMILES string of the molecule is COC(=O)c1cc(OC)c(OC)cc1NC(=O)c1ccc(NS(=O)(=O)c2ccccc2)c(Cl)c1. The van der Waals surface area contributed by atoms with Crippen molar-refractivity contribution in [3.8, 4) is 11.5 Å². The van der Waals surface area contributed by atoms with Crippen molar-refractivity contribution in [1.82, 2.24) is 0 Å². The fraction of sp³-hybridized carbons (Fsp3) is 0.130. The Kier molecular flexibility index (Phi) is 7.64. The minimum absolute atomic E-state index is 0.00709. The van der Waals surface area contributed by atoms with E-state index in [1.165, 1.54) is 63.8 Å². The van der Waals surface area contributed by atoms with Gasteiger partial charge in [0.15, 0.2) is 11.5 Å². The van der Waals surface area contributed by atoms with Gasteiger partial charge in [-0.3, -0.25) is 9.52 Å². The van der Waals surface area contributed by atoms with Crippen molar-refractivity contribution < 1.29 is 32.2 Å². The number of hydrogen-bond donors (Lipinski definition) is 2. The molecular weight excluding hydrogens is 484 g/mol. The molecule has 0 saturated heterocycles. The summed E-state index contributed by atoms with van der Waals surface area (Å²) in [5, 5.41) is 2.62. The average Bonchev–Trinajstić information content (AvgIpc) is 2.84. The highest BCUT2D eigenvalue weighted by Gasteiger charge is 2.21. The van der Waals surface area contributed by atoms with Crippen molar-refractivity contribution in [3.63, 3.8) is 0 Å². The fourth-order valence-corrected chi connectivity index (χ4v) is 4.38. The molecule has 0 aliphatic rings. The molecule has 0 radical (unpaired) electrons. The monoisotopic (exact) mass is 504 g/mol. The Morgan fingerprint density at radius 3 is 2.09 bits per heavy atom. The molecule has 11 heteroatoms. The van der Waals surface area contributed by atoms with Gasteiger partial charge in [-0.05, 0) is 30.3 Å². The van der Waals surface area contributed by atoms with Crippen LogP contribution in [0.15, 0.2) is 65.6 Å². The van der Waals surface area contributed by atoms with Gasteiger partial charge in [-0.1, -0.05) is 29.8 Å². The quantitative estimate of drug-likeness (QED) is 0.441. The van der Waals surface area contributed by atoms with Crippen LogP contribution in [0.4, 0.5) is 11.4 Å². The molecule has 3 rings (SSSR count). The fourth-order valence-electron chi connectivity index (χ4n) is 3.00. The highest BCUT2D eigenvalue weighted by Crippen LogP contribution is 2.34. The number of anilines is 2. The van der Waals surface area contributed by atoms with E-state index in [0.717, 1.165) is 0 Å². The van der Waals surface area contributed by atoms with E-state index < -0.39 is 21.9 Å². The molecule has 0 aliphatic carbocycles. The van der Waals surface area contributed by atoms with Crippen molar-refractivity contribution in [2.45, 2.75) is 4.90 Å². The average molecular weight is 505 g/mol. The van der Waals surface area contributed by atoms with E-state index in [0.29, 0.717) is 0 Å². The standard InChI is InChI=1S/C23H21ClN2O7S/c1-31-20-12-16(23(28)33-3)19(13-21(20)32-2)25-22(27)14-9-10-18(17(24)11-14)26-34(29,30)15-7-5-4-6-8-15/h4-13,26H,1-3H3,(H,25,27). The van der Waals surface area contributed by atoms with E-state index in [2.05, 4.69) is 10.0 Å². The molecule has 9 nitrogen and oxygen atoms in total. The summed E-state index contributed by atoms with van der Waals surface area (Å²) in [5.74, 6) is -0.732. The van der Waals surface area contributed by atoms with E-state index in [1.54, 1.807) is 18.2 Å². The third kappa shape index (κ3) is 5.41. The van der Waals surface area contributed by atoms with Crippen LogP contribution in [-0.4, -0.2) is 41.6 Å². The summed E-state index contributed by atoms with van der Waals surface area (Å²) in [4.78, 5) is 25.1. The smallest absolute Gasteiger partial charge is 0.340 e. The van der Waals surface area contributed by atoms with Crippen molar-refractivity contribution in [1.29, 1.82) is 0 Å². The number of methoxy groups -OCH3 is 3. The number of nitrogens with one attached hydrogen (secondary N) is 2. The first kappa shape index (κ1) is 24.9. The lowest BCUT2D eigenvalue weighted by atomic mass is 10.1. The second-order valence-corrected chi connectivity index (χ2v) is 8.90. The number of halogens is 1. The van der Waals surface area contributed by atoms with Gasteiger partial charge in [-0.2, -0.15) is 0 Å². The number of hydrogen-bond acceptors (Lipinski definition) is 7. The predicted octanol–water partition coefficient (Wildman–Crippen LogP) is 4.20. The third-order valence-electron chi connectivity index (χ3n) is 4.71. The normalized spacial score (nSPS) is 10.8. The van der Waals surface area contributed by atoms with Gasteiger partial charge >= 0.3 is 5.97 Å². The van der Waals surface area contributed by atoms with Gasteiger partial charge in [0.05, 0.1) is 48.2 Å². The summed E-state index contributed by atoms with van der Waals surface area (Å²) in [6.45, 7) is 0. The molecule has 3 aromatic carbocycles. The van der Waals surface area contributed by atoms with E-state index in [-0.39, 0.29) is 43.9 Å². The summed E-state index contributed by atoms with van der Waals surface area (Å²) in [6.07, 6.45) is 0. The van der Waals surface area contributed by atoms with Crippen LogP contribution >= 0.6 is 11.6 Å². The van der Waals surface area contributed by atoms with Gasteiger partial charge in [-0.25, -0.2) is 13.2 Å². The number of carbonyl (C=O) groups excluding carboxylic acids is 2. The molecule has 0 atom stereocenters. The van der Waals surface area contributed by atoms with Crippen LogP contribution in [0.1, 0.15) is 20.7 Å². The zero-order valence-corrected chi connectivity index (χ0v) is 20.0. The lowest BCUT2D eigenvalue weighted by Crippen LogP contribution is -2.17. The lowest BCUT2D eigenvalue weighted by Gasteiger charge is -2.15. The van der Waals surface area contributed by atoms with Gasteiger partial charge < -0.3 is 19.5 Å². The number of rotatable bonds is 8. The van der Waals surface area contributed by atoms with Gasteiger partial charge in [0, 0.05) is 17.7 Å². The van der Waals surface area contributed by atoms with E-state index >= 15 is 0 Å². The first-order valence-electron chi connectivity index (χ1n) is 9.73. The number of amides is 1. The topological polar surface area (TPSA) is 120 Å². The first-order valence-corrected chi connectivity index (χ1v) is 11.6. The highest BCUT2D eigenvalue weighted by molar-refractivity contribution is 7.92. The van der Waals surface area contributed by atoms with Crippen LogP contribution in [0.3, 0.4) is 0 Å². The molecule has 0 aromatic heterocycles. The largest absolute Gasteiger partial charge is 0.493 e. The number of sulfonamides is 1. The maximum absolute atomic E-state index is 12.9. The van der Waals surface area contributed by atoms with E-state index in [4.69, 9.17) is 25.8 Å². The summed E-state index contributed by atoms with van der Waals surface area (Å²) in [6, 6.07) is 14.7. The van der Waals surface area contributed by atoms with Crippen molar-refractivity contribution in [2.24, 2.45) is 0 Å². The molecule has 3 aromatic rings. The van der Waals surface area contributed by atoms with Crippen LogP contribution in [0.2, 0.25) is 5.02 Å². The molecular formula is C23H21ClN2O7S. The van der Waals surface area contributed by atoms with E-state index in [9.17, 15) is 18.0 Å². The van der Waals surface area contributed by atoms with Gasteiger partial charge in [0.2, 0.25) is 0 Å². The number of benzene rings is 3. The molecule has 1 amide bonds. The Balaban J connectivity index is 1.88. The Labute approximate surface area is 201 Å². The second-order valence-electron chi connectivity index (χ2n) is 6.81. The van der Waals surface area contributed by atoms with Crippen LogP contribution in [-0.2, 0) is 14.8 Å². The maximum Gasteiger partial charge on any atom is 0.340 e. The van der Waals surface area contributed by atoms with Crippen LogP contribution in [0.25, 0.3) is 0 Å². The van der Waals surface area contributed by atoms with Crippen LogP contribution in [0.5, 0.6) is 11.5 Å². The Bertz CT molecular complexity index is 1330. The highest BCUT2D eigenvalue weighted by atomic mass is 35.5. The van der Waals surface area contributed by atoms with E-state index in [1.807, 2.05) is 0 Å². The first-order chi connectivity index (χ1) is 16.2. The molecule has 0 bridgehead atoms. The molecule has 0 spiro atoms. The second kappa shape index (κ2) is 10.4. The molecule has 178 valence electrons. The summed E-state index contributed by atoms with van der Waals surface area (Å²) < 4.78 is 42.7. The summed E-state index contributed by atoms with van der Waals surface area (Å²) in [5.41, 5.74) is 0.396. The molecule has 0 fully saturated rings. The zero-order valence-electron chi connectivity index (χ0n) is 18.4. The lowest BCUT2D eigenvalue weighted by molar-refractivity contribution is 0.0601. The number of esters is 1. The van der Waals surface area contributed by atoms with Gasteiger partial charge in [-0.15, -0.1) is 0 Å². The molecule has 0 saturated carbocycles. The zero-order chi connectivity index (χ0) is 24.9. The number of ether oxygens (including phenoxy) is 3. The van der Waals surface area contributed by atoms with Crippen LogP contribution in [0, 0.1) is 0 Å². The molecule has 34 heavy (non-hydrogen) atoms.